The number of pyridine rings is 1. The highest BCUT2D eigenvalue weighted by molar-refractivity contribution is 9.10. The number of likely N-dealkylation sites (tertiary alicyclic amines) is 1. The molecule has 1 aliphatic rings. The van der Waals surface area contributed by atoms with E-state index >= 15 is 0 Å². The highest BCUT2D eigenvalue weighted by Gasteiger charge is 2.29. The number of hydrogen-bond donors (Lipinski definition) is 0. The number of carbonyl (C=O) groups excluding carboxylic acids is 1. The molecule has 0 amide bonds. The second-order valence-corrected chi connectivity index (χ2v) is 10.5. The summed E-state index contributed by atoms with van der Waals surface area (Å²) in [5.74, 6) is 0.617. The third-order valence-corrected chi connectivity index (χ3v) is 8.14. The second-order valence-electron chi connectivity index (χ2n) is 9.68. The molecule has 1 atom stereocenters. The summed E-state index contributed by atoms with van der Waals surface area (Å²) in [5, 5.41) is 0. The molecule has 5 aromatic rings. The zero-order valence-electron chi connectivity index (χ0n) is 21.6. The van der Waals surface area contributed by atoms with E-state index in [0.717, 1.165) is 58.8 Å². The van der Waals surface area contributed by atoms with Gasteiger partial charge < -0.3 is 9.30 Å². The van der Waals surface area contributed by atoms with Crippen LogP contribution in [0.1, 0.15) is 28.6 Å². The van der Waals surface area contributed by atoms with E-state index in [9.17, 15) is 9.59 Å². The van der Waals surface area contributed by atoms with Crippen molar-refractivity contribution >= 4 is 33.1 Å². The van der Waals surface area contributed by atoms with Gasteiger partial charge in [0.25, 0.3) is 0 Å². The van der Waals surface area contributed by atoms with E-state index in [1.54, 1.807) is 22.9 Å². The number of aromatic nitrogens is 5. The number of hydrogen-bond acceptors (Lipinski definition) is 6. The number of halogens is 1. The summed E-state index contributed by atoms with van der Waals surface area (Å²) in [7, 11) is 3.36. The number of esters is 1. The van der Waals surface area contributed by atoms with Crippen molar-refractivity contribution in [1.29, 1.82) is 0 Å². The molecule has 0 unspecified atom stereocenters. The molecule has 0 saturated carbocycles. The summed E-state index contributed by atoms with van der Waals surface area (Å²) in [4.78, 5) is 37.1. The molecule has 0 N–H and O–H groups in total. The second kappa shape index (κ2) is 10.3. The first kappa shape index (κ1) is 25.3. The summed E-state index contributed by atoms with van der Waals surface area (Å²) >= 11 is 3.51. The Balaban J connectivity index is 1.29. The molecule has 0 spiro atoms. The van der Waals surface area contributed by atoms with Crippen LogP contribution in [0.15, 0.2) is 82.5 Å². The molecule has 0 bridgehead atoms. The normalized spacial score (nSPS) is 15.7. The molecule has 4 heterocycles. The Hall–Kier alpha value is -4.02. The van der Waals surface area contributed by atoms with Crippen LogP contribution in [0.3, 0.4) is 0 Å². The molecule has 0 aliphatic carbocycles. The van der Waals surface area contributed by atoms with Gasteiger partial charge in [-0.1, -0.05) is 24.3 Å². The highest BCUT2D eigenvalue weighted by Crippen LogP contribution is 2.28. The smallest absolute Gasteiger partial charge is 0.337 e. The Morgan fingerprint density at radius 1 is 1.05 bits per heavy atom. The van der Waals surface area contributed by atoms with Crippen LogP contribution in [0.2, 0.25) is 0 Å². The fourth-order valence-electron chi connectivity index (χ4n) is 5.29. The van der Waals surface area contributed by atoms with Crippen LogP contribution in [0.25, 0.3) is 28.0 Å². The van der Waals surface area contributed by atoms with Crippen LogP contribution >= 0.6 is 15.9 Å². The molecule has 2 aromatic carbocycles. The van der Waals surface area contributed by atoms with Crippen molar-refractivity contribution in [2.75, 3.05) is 20.2 Å². The maximum Gasteiger partial charge on any atom is 0.337 e. The number of methoxy groups -OCH3 is 1. The van der Waals surface area contributed by atoms with Crippen LogP contribution in [0, 0.1) is 0 Å². The van der Waals surface area contributed by atoms with E-state index < -0.39 is 0 Å². The summed E-state index contributed by atoms with van der Waals surface area (Å²) < 4.78 is 11.4. The molecule has 3 aromatic heterocycles. The quantitative estimate of drug-likeness (QED) is 0.271. The maximum absolute atomic E-state index is 13.9. The van der Waals surface area contributed by atoms with E-state index in [-0.39, 0.29) is 17.7 Å². The molecule has 39 heavy (non-hydrogen) atoms. The molecule has 1 saturated heterocycles. The first-order valence-electron chi connectivity index (χ1n) is 12.7. The third kappa shape index (κ3) is 4.59. The van der Waals surface area contributed by atoms with Crippen molar-refractivity contribution in [1.82, 2.24) is 28.6 Å². The first-order chi connectivity index (χ1) is 18.9. The number of fused-ring (bicyclic) bond motifs is 1. The first-order valence-corrected chi connectivity index (χ1v) is 13.5. The molecule has 198 valence electrons. The van der Waals surface area contributed by atoms with E-state index in [1.165, 1.54) is 7.11 Å². The van der Waals surface area contributed by atoms with Gasteiger partial charge in [0.2, 0.25) is 0 Å². The zero-order chi connectivity index (χ0) is 27.1. The van der Waals surface area contributed by atoms with Crippen molar-refractivity contribution in [2.45, 2.75) is 19.0 Å². The van der Waals surface area contributed by atoms with Crippen molar-refractivity contribution < 1.29 is 9.53 Å². The molecule has 10 heteroatoms. The third-order valence-electron chi connectivity index (χ3n) is 7.40. The average Bonchev–Trinajstić information content (AvgIpc) is 3.64. The summed E-state index contributed by atoms with van der Waals surface area (Å²) in [5.41, 5.74) is 4.61. The van der Waals surface area contributed by atoms with Crippen LogP contribution < -0.4 is 5.69 Å². The fourth-order valence-corrected chi connectivity index (χ4v) is 5.59. The zero-order valence-corrected chi connectivity index (χ0v) is 23.2. The predicted molar refractivity (Wildman–Crippen MR) is 152 cm³/mol. The van der Waals surface area contributed by atoms with Crippen LogP contribution in [0.4, 0.5) is 0 Å². The summed E-state index contributed by atoms with van der Waals surface area (Å²) in [6.07, 6.45) is 4.41. The van der Waals surface area contributed by atoms with E-state index in [4.69, 9.17) is 4.74 Å². The Kier molecular flexibility index (Phi) is 6.66. The van der Waals surface area contributed by atoms with Gasteiger partial charge in [-0.3, -0.25) is 14.0 Å². The van der Waals surface area contributed by atoms with Gasteiger partial charge in [-0.05, 0) is 69.9 Å². The van der Waals surface area contributed by atoms with Gasteiger partial charge >= 0.3 is 11.7 Å². The van der Waals surface area contributed by atoms with Crippen LogP contribution in [0.5, 0.6) is 0 Å². The number of ether oxygens (including phenoxy) is 1. The molecule has 9 nitrogen and oxygen atoms in total. The summed E-state index contributed by atoms with van der Waals surface area (Å²) in [6.45, 7) is 2.35. The lowest BCUT2D eigenvalue weighted by Gasteiger charge is -2.16. The molecule has 1 aliphatic heterocycles. The lowest BCUT2D eigenvalue weighted by molar-refractivity contribution is 0.0600. The van der Waals surface area contributed by atoms with E-state index in [2.05, 4.69) is 30.8 Å². The van der Waals surface area contributed by atoms with Gasteiger partial charge in [-0.25, -0.2) is 19.6 Å². The lowest BCUT2D eigenvalue weighted by Crippen LogP contribution is -2.29. The van der Waals surface area contributed by atoms with Crippen LogP contribution in [-0.2, 0) is 18.3 Å². The fraction of sp³-hybridized carbons (Fsp3) is 0.241. The molecule has 6 rings (SSSR count). The van der Waals surface area contributed by atoms with Crippen molar-refractivity contribution in [3.05, 3.63) is 99.5 Å². The van der Waals surface area contributed by atoms with Gasteiger partial charge in [0, 0.05) is 26.3 Å². The van der Waals surface area contributed by atoms with Crippen molar-refractivity contribution in [3.63, 3.8) is 0 Å². The van der Waals surface area contributed by atoms with E-state index in [1.807, 2.05) is 70.9 Å². The largest absolute Gasteiger partial charge is 0.465 e. The van der Waals surface area contributed by atoms with E-state index in [0.29, 0.717) is 11.2 Å². The van der Waals surface area contributed by atoms with Crippen molar-refractivity contribution in [2.24, 2.45) is 7.05 Å². The minimum atomic E-state index is -0.364. The van der Waals surface area contributed by atoms with Gasteiger partial charge in [0.15, 0.2) is 5.65 Å². The summed E-state index contributed by atoms with van der Waals surface area (Å²) in [6, 6.07) is 18.9. The number of rotatable bonds is 6. The number of imidazole rings is 2. The Morgan fingerprint density at radius 2 is 1.77 bits per heavy atom. The van der Waals surface area contributed by atoms with Crippen molar-refractivity contribution in [3.8, 4) is 16.8 Å². The van der Waals surface area contributed by atoms with Gasteiger partial charge in [-0.15, -0.1) is 0 Å². The average molecular weight is 587 g/mol. The standard InChI is InChI=1S/C29H27BrN6O3/c1-33-25(30)16-32-26(33)18-34-15-13-23(17-34)36-27-24(4-3-14-31-27)35(29(36)38)22-11-9-20(10-12-22)19-5-7-21(8-6-19)28(37)39-2/h3-12,14,16,23H,13,15,17-18H2,1-2H3/t23-/m0/s1. The minimum Gasteiger partial charge on any atom is -0.465 e. The highest BCUT2D eigenvalue weighted by atomic mass is 79.9. The number of nitrogens with zero attached hydrogens (tertiary/aromatic N) is 6. The van der Waals surface area contributed by atoms with Crippen LogP contribution in [-0.4, -0.2) is 54.7 Å². The number of benzene rings is 2. The Bertz CT molecular complexity index is 1720. The predicted octanol–water partition coefficient (Wildman–Crippen LogP) is 4.58. The molecule has 1 fully saturated rings. The lowest BCUT2D eigenvalue weighted by atomic mass is 10.0. The Morgan fingerprint density at radius 3 is 2.44 bits per heavy atom. The molecule has 0 radical (unpaired) electrons. The SMILES string of the molecule is COC(=O)c1ccc(-c2ccc(-n3c(=O)n([C@H]4CCN(Cc5ncc(Br)n5C)C4)c4ncccc43)cc2)cc1. The number of carbonyl (C=O) groups is 1. The molecular weight excluding hydrogens is 560 g/mol. The van der Waals surface area contributed by atoms with Gasteiger partial charge in [0.1, 0.15) is 10.4 Å². The Labute approximate surface area is 233 Å². The van der Waals surface area contributed by atoms with Gasteiger partial charge in [0.05, 0.1) is 42.7 Å². The van der Waals surface area contributed by atoms with Gasteiger partial charge in [-0.2, -0.15) is 0 Å². The molecular formula is C29H27BrN6O3. The maximum atomic E-state index is 13.9. The monoisotopic (exact) mass is 586 g/mol. The minimum absolute atomic E-state index is 0.0208. The topological polar surface area (TPSA) is 87.2 Å².